The number of amides is 1. The minimum absolute atomic E-state index is 0.0270. The van der Waals surface area contributed by atoms with Gasteiger partial charge in [0.1, 0.15) is 11.3 Å². The SMILES string of the molecule is CCc1noc(C)c1C(=O)N[C@@H](C)Cn1ccc(C)n1. The third-order valence-electron chi connectivity index (χ3n) is 3.11. The topological polar surface area (TPSA) is 73.0 Å². The number of carbonyl (C=O) groups is 1. The zero-order valence-corrected chi connectivity index (χ0v) is 12.3. The molecule has 2 heterocycles. The molecule has 0 bridgehead atoms. The lowest BCUT2D eigenvalue weighted by atomic mass is 10.1. The van der Waals surface area contributed by atoms with Crippen molar-refractivity contribution in [2.45, 2.75) is 46.7 Å². The summed E-state index contributed by atoms with van der Waals surface area (Å²) in [6, 6.07) is 1.91. The van der Waals surface area contributed by atoms with Crippen molar-refractivity contribution in [3.05, 3.63) is 35.0 Å². The molecule has 0 saturated carbocycles. The molecule has 2 aromatic heterocycles. The maximum atomic E-state index is 12.3. The molecule has 0 saturated heterocycles. The largest absolute Gasteiger partial charge is 0.361 e. The number of rotatable bonds is 5. The number of carbonyl (C=O) groups excluding carboxylic acids is 1. The molecule has 0 radical (unpaired) electrons. The van der Waals surface area contributed by atoms with Crippen LogP contribution < -0.4 is 5.32 Å². The summed E-state index contributed by atoms with van der Waals surface area (Å²) in [5.41, 5.74) is 2.21. The summed E-state index contributed by atoms with van der Waals surface area (Å²) >= 11 is 0. The van der Waals surface area contributed by atoms with Gasteiger partial charge in [0.15, 0.2) is 0 Å². The maximum Gasteiger partial charge on any atom is 0.257 e. The smallest absolute Gasteiger partial charge is 0.257 e. The number of nitrogens with zero attached hydrogens (tertiary/aromatic N) is 3. The van der Waals surface area contributed by atoms with Crippen LogP contribution in [-0.4, -0.2) is 26.9 Å². The molecule has 1 amide bonds. The van der Waals surface area contributed by atoms with Gasteiger partial charge in [0.2, 0.25) is 0 Å². The van der Waals surface area contributed by atoms with E-state index in [0.29, 0.717) is 30.0 Å². The minimum Gasteiger partial charge on any atom is -0.361 e. The van der Waals surface area contributed by atoms with Crippen molar-refractivity contribution < 1.29 is 9.32 Å². The fourth-order valence-electron chi connectivity index (χ4n) is 2.14. The lowest BCUT2D eigenvalue weighted by Gasteiger charge is -2.14. The highest BCUT2D eigenvalue weighted by Gasteiger charge is 2.20. The summed E-state index contributed by atoms with van der Waals surface area (Å²) in [4.78, 5) is 12.3. The molecule has 0 fully saturated rings. The second kappa shape index (κ2) is 5.90. The average molecular weight is 276 g/mol. The quantitative estimate of drug-likeness (QED) is 0.904. The van der Waals surface area contributed by atoms with E-state index in [1.807, 2.05) is 37.7 Å². The molecule has 1 atom stereocenters. The van der Waals surface area contributed by atoms with Crippen LogP contribution in [-0.2, 0) is 13.0 Å². The highest BCUT2D eigenvalue weighted by molar-refractivity contribution is 5.96. The molecular formula is C14H20N4O2. The summed E-state index contributed by atoms with van der Waals surface area (Å²) in [5, 5.41) is 11.2. The fraction of sp³-hybridized carbons (Fsp3) is 0.500. The van der Waals surface area contributed by atoms with Gasteiger partial charge in [0.05, 0.1) is 17.9 Å². The van der Waals surface area contributed by atoms with Crippen LogP contribution in [0.5, 0.6) is 0 Å². The Kier molecular flexibility index (Phi) is 4.22. The summed E-state index contributed by atoms with van der Waals surface area (Å²) < 4.78 is 6.90. The van der Waals surface area contributed by atoms with E-state index in [4.69, 9.17) is 4.52 Å². The molecule has 0 aromatic carbocycles. The van der Waals surface area contributed by atoms with Crippen LogP contribution in [0.3, 0.4) is 0 Å². The average Bonchev–Trinajstić information content (AvgIpc) is 2.95. The summed E-state index contributed by atoms with van der Waals surface area (Å²) in [6.45, 7) is 8.22. The van der Waals surface area contributed by atoms with E-state index in [1.54, 1.807) is 6.92 Å². The highest BCUT2D eigenvalue weighted by Crippen LogP contribution is 2.14. The number of aryl methyl sites for hydroxylation is 3. The summed E-state index contributed by atoms with van der Waals surface area (Å²) in [6.07, 6.45) is 2.58. The van der Waals surface area contributed by atoms with Gasteiger partial charge in [-0.15, -0.1) is 0 Å². The number of nitrogens with one attached hydrogen (secondary N) is 1. The first kappa shape index (κ1) is 14.3. The van der Waals surface area contributed by atoms with Gasteiger partial charge in [-0.1, -0.05) is 12.1 Å². The standard InChI is InChI=1S/C14H20N4O2/c1-5-12-13(11(4)20-17-12)14(19)15-10(3)8-18-7-6-9(2)16-18/h6-7,10H,5,8H2,1-4H3,(H,15,19)/t10-/m0/s1. The number of hydrogen-bond acceptors (Lipinski definition) is 4. The van der Waals surface area contributed by atoms with Crippen LogP contribution in [0.1, 0.15) is 41.4 Å². The van der Waals surface area contributed by atoms with Crippen molar-refractivity contribution in [2.75, 3.05) is 0 Å². The van der Waals surface area contributed by atoms with Gasteiger partial charge < -0.3 is 9.84 Å². The zero-order valence-electron chi connectivity index (χ0n) is 12.3. The second-order valence-corrected chi connectivity index (χ2v) is 4.97. The number of aromatic nitrogens is 3. The second-order valence-electron chi connectivity index (χ2n) is 4.97. The first-order valence-electron chi connectivity index (χ1n) is 6.77. The molecule has 0 aliphatic rings. The van der Waals surface area contributed by atoms with E-state index >= 15 is 0 Å². The number of hydrogen-bond donors (Lipinski definition) is 1. The van der Waals surface area contributed by atoms with Crippen molar-refractivity contribution in [3.8, 4) is 0 Å². The first-order valence-corrected chi connectivity index (χ1v) is 6.77. The Morgan fingerprint density at radius 3 is 2.85 bits per heavy atom. The highest BCUT2D eigenvalue weighted by atomic mass is 16.5. The molecule has 6 nitrogen and oxygen atoms in total. The van der Waals surface area contributed by atoms with Gasteiger partial charge in [-0.05, 0) is 33.3 Å². The molecule has 2 aromatic rings. The first-order chi connectivity index (χ1) is 9.51. The van der Waals surface area contributed by atoms with E-state index < -0.39 is 0 Å². The Morgan fingerprint density at radius 2 is 2.25 bits per heavy atom. The molecule has 0 unspecified atom stereocenters. The molecule has 2 rings (SSSR count). The van der Waals surface area contributed by atoms with Gasteiger partial charge in [0, 0.05) is 12.2 Å². The Labute approximate surface area is 118 Å². The van der Waals surface area contributed by atoms with Crippen LogP contribution in [0.25, 0.3) is 0 Å². The van der Waals surface area contributed by atoms with Crippen LogP contribution in [0, 0.1) is 13.8 Å². The van der Waals surface area contributed by atoms with Crippen LogP contribution in [0.4, 0.5) is 0 Å². The van der Waals surface area contributed by atoms with E-state index in [2.05, 4.69) is 15.6 Å². The molecule has 0 aliphatic carbocycles. The van der Waals surface area contributed by atoms with Gasteiger partial charge in [-0.25, -0.2) is 0 Å². The normalized spacial score (nSPS) is 12.4. The predicted octanol–water partition coefficient (Wildman–Crippen LogP) is 1.87. The molecular weight excluding hydrogens is 256 g/mol. The van der Waals surface area contributed by atoms with Crippen molar-refractivity contribution in [3.63, 3.8) is 0 Å². The van der Waals surface area contributed by atoms with Gasteiger partial charge in [-0.2, -0.15) is 5.10 Å². The van der Waals surface area contributed by atoms with E-state index in [9.17, 15) is 4.79 Å². The zero-order chi connectivity index (χ0) is 14.7. The molecule has 108 valence electrons. The van der Waals surface area contributed by atoms with Gasteiger partial charge in [0.25, 0.3) is 5.91 Å². The lowest BCUT2D eigenvalue weighted by Crippen LogP contribution is -2.36. The van der Waals surface area contributed by atoms with Gasteiger partial charge in [-0.3, -0.25) is 9.48 Å². The van der Waals surface area contributed by atoms with Crippen LogP contribution in [0.2, 0.25) is 0 Å². The van der Waals surface area contributed by atoms with Crippen LogP contribution >= 0.6 is 0 Å². The minimum atomic E-state index is -0.142. The third kappa shape index (κ3) is 3.07. The Bertz CT molecular complexity index is 600. The molecule has 20 heavy (non-hydrogen) atoms. The van der Waals surface area contributed by atoms with Crippen LogP contribution in [0.15, 0.2) is 16.8 Å². The summed E-state index contributed by atoms with van der Waals surface area (Å²) in [7, 11) is 0. The molecule has 0 spiro atoms. The molecule has 6 heteroatoms. The van der Waals surface area contributed by atoms with Crippen molar-refractivity contribution >= 4 is 5.91 Å². The van der Waals surface area contributed by atoms with Crippen molar-refractivity contribution in [2.24, 2.45) is 0 Å². The fourth-order valence-corrected chi connectivity index (χ4v) is 2.14. The van der Waals surface area contributed by atoms with Crippen molar-refractivity contribution in [1.29, 1.82) is 0 Å². The molecule has 0 aliphatic heterocycles. The lowest BCUT2D eigenvalue weighted by molar-refractivity contribution is 0.0933. The molecule has 1 N–H and O–H groups in total. The van der Waals surface area contributed by atoms with E-state index in [0.717, 1.165) is 5.69 Å². The van der Waals surface area contributed by atoms with E-state index in [1.165, 1.54) is 0 Å². The Hall–Kier alpha value is -2.11. The maximum absolute atomic E-state index is 12.3. The Balaban J connectivity index is 2.02. The Morgan fingerprint density at radius 1 is 1.50 bits per heavy atom. The third-order valence-corrected chi connectivity index (χ3v) is 3.11. The van der Waals surface area contributed by atoms with E-state index in [-0.39, 0.29) is 11.9 Å². The van der Waals surface area contributed by atoms with Gasteiger partial charge >= 0.3 is 0 Å². The monoisotopic (exact) mass is 276 g/mol. The van der Waals surface area contributed by atoms with Crippen molar-refractivity contribution in [1.82, 2.24) is 20.3 Å². The predicted molar refractivity (Wildman–Crippen MR) is 74.5 cm³/mol. The summed E-state index contributed by atoms with van der Waals surface area (Å²) in [5.74, 6) is 0.415.